The van der Waals surface area contributed by atoms with E-state index in [1.54, 1.807) is 39.5 Å². The van der Waals surface area contributed by atoms with Crippen LogP contribution >= 0.6 is 0 Å². The predicted octanol–water partition coefficient (Wildman–Crippen LogP) is 4.32. The van der Waals surface area contributed by atoms with Crippen molar-refractivity contribution in [3.05, 3.63) is 60.2 Å². The second kappa shape index (κ2) is 10.7. The van der Waals surface area contributed by atoms with Crippen LogP contribution in [0.1, 0.15) is 18.4 Å². The number of nitrogens with zero attached hydrogens (tertiary/aromatic N) is 1. The Morgan fingerprint density at radius 1 is 0.974 bits per heavy atom. The standard InChI is InChI=1S/C27H28N4O7S/c1-35-23-12-16(13-24(36-2)25(23)37-3)15-28-18-6-9-20(10-7-18)39(33,34)38-19-8-11-21-22(14-19)30-27(29-21)31-26(32)17-4-5-17/h6-14,17,28H,4-5,15H2,1-3H3,(H2,29,30,31,32). The molecule has 1 aromatic heterocycles. The minimum absolute atomic E-state index is 0.00271. The maximum atomic E-state index is 12.9. The van der Waals surface area contributed by atoms with Crippen LogP contribution in [0.5, 0.6) is 23.0 Å². The molecule has 0 atom stereocenters. The van der Waals surface area contributed by atoms with Gasteiger partial charge in [0, 0.05) is 24.2 Å². The fraction of sp³-hybridized carbons (Fsp3) is 0.259. The number of rotatable bonds is 11. The van der Waals surface area contributed by atoms with Gasteiger partial charge in [0.1, 0.15) is 10.6 Å². The number of hydrogen-bond acceptors (Lipinski definition) is 9. The van der Waals surface area contributed by atoms with Crippen molar-refractivity contribution < 1.29 is 31.6 Å². The van der Waals surface area contributed by atoms with E-state index in [1.165, 1.54) is 24.3 Å². The van der Waals surface area contributed by atoms with E-state index < -0.39 is 10.1 Å². The second-order valence-corrected chi connectivity index (χ2v) is 10.5. The third-order valence-electron chi connectivity index (χ3n) is 6.21. The van der Waals surface area contributed by atoms with Gasteiger partial charge in [-0.05, 0) is 66.9 Å². The Morgan fingerprint density at radius 3 is 2.28 bits per heavy atom. The van der Waals surface area contributed by atoms with Gasteiger partial charge in [-0.3, -0.25) is 10.1 Å². The number of amides is 1. The van der Waals surface area contributed by atoms with Crippen LogP contribution in [0.25, 0.3) is 11.0 Å². The normalized spacial score (nSPS) is 13.1. The lowest BCUT2D eigenvalue weighted by atomic mass is 10.1. The van der Waals surface area contributed by atoms with E-state index in [0.29, 0.717) is 46.5 Å². The van der Waals surface area contributed by atoms with Crippen molar-refractivity contribution in [1.82, 2.24) is 9.97 Å². The van der Waals surface area contributed by atoms with E-state index in [4.69, 9.17) is 18.4 Å². The number of H-pyrrole nitrogens is 1. The molecule has 3 N–H and O–H groups in total. The number of benzene rings is 3. The Hall–Kier alpha value is -4.45. The molecule has 0 bridgehead atoms. The molecule has 1 aliphatic rings. The van der Waals surface area contributed by atoms with Crippen LogP contribution < -0.4 is 29.0 Å². The maximum absolute atomic E-state index is 12.9. The summed E-state index contributed by atoms with van der Waals surface area (Å²) >= 11 is 0. The van der Waals surface area contributed by atoms with Crippen molar-refractivity contribution in [3.63, 3.8) is 0 Å². The lowest BCUT2D eigenvalue weighted by Crippen LogP contribution is -2.14. The first-order chi connectivity index (χ1) is 18.8. The first kappa shape index (κ1) is 26.2. The Morgan fingerprint density at radius 2 is 1.67 bits per heavy atom. The first-order valence-corrected chi connectivity index (χ1v) is 13.6. The molecule has 4 aromatic rings. The molecule has 5 rings (SSSR count). The van der Waals surface area contributed by atoms with Crippen molar-refractivity contribution in [2.75, 3.05) is 32.0 Å². The minimum atomic E-state index is -4.09. The minimum Gasteiger partial charge on any atom is -0.493 e. The number of carbonyl (C=O) groups is 1. The van der Waals surface area contributed by atoms with Gasteiger partial charge in [-0.25, -0.2) is 4.98 Å². The average molecular weight is 553 g/mol. The van der Waals surface area contributed by atoms with E-state index in [1.807, 2.05) is 12.1 Å². The van der Waals surface area contributed by atoms with E-state index in [9.17, 15) is 13.2 Å². The van der Waals surface area contributed by atoms with Crippen LogP contribution in [-0.4, -0.2) is 45.6 Å². The number of hydrogen-bond donors (Lipinski definition) is 3. The van der Waals surface area contributed by atoms with Crippen LogP contribution in [0, 0.1) is 5.92 Å². The summed E-state index contributed by atoms with van der Waals surface area (Å²) in [6, 6.07) is 14.6. The number of carbonyl (C=O) groups excluding carboxylic acids is 1. The van der Waals surface area contributed by atoms with Gasteiger partial charge in [0.25, 0.3) is 0 Å². The molecular formula is C27H28N4O7S. The summed E-state index contributed by atoms with van der Waals surface area (Å²) in [5.74, 6) is 1.99. The third kappa shape index (κ3) is 5.85. The number of ether oxygens (including phenoxy) is 3. The molecule has 204 valence electrons. The molecule has 1 aliphatic carbocycles. The Bertz CT molecular complexity index is 1590. The van der Waals surface area contributed by atoms with E-state index in [0.717, 1.165) is 18.4 Å². The number of fused-ring (bicyclic) bond motifs is 1. The van der Waals surface area contributed by atoms with E-state index in [2.05, 4.69) is 20.6 Å². The highest BCUT2D eigenvalue weighted by molar-refractivity contribution is 7.87. The first-order valence-electron chi connectivity index (χ1n) is 12.2. The fourth-order valence-corrected chi connectivity index (χ4v) is 4.94. The molecule has 0 saturated heterocycles. The zero-order valence-electron chi connectivity index (χ0n) is 21.6. The molecule has 0 spiro atoms. The van der Waals surface area contributed by atoms with Gasteiger partial charge in [0.2, 0.25) is 17.6 Å². The highest BCUT2D eigenvalue weighted by Crippen LogP contribution is 2.38. The van der Waals surface area contributed by atoms with Crippen molar-refractivity contribution in [2.45, 2.75) is 24.3 Å². The molecule has 12 heteroatoms. The topological polar surface area (TPSA) is 141 Å². The summed E-state index contributed by atoms with van der Waals surface area (Å²) in [6.07, 6.45) is 1.76. The largest absolute Gasteiger partial charge is 0.493 e. The summed E-state index contributed by atoms with van der Waals surface area (Å²) in [5, 5.41) is 5.99. The van der Waals surface area contributed by atoms with Crippen molar-refractivity contribution in [3.8, 4) is 23.0 Å². The molecule has 39 heavy (non-hydrogen) atoms. The van der Waals surface area contributed by atoms with E-state index >= 15 is 0 Å². The number of aromatic amines is 1. The van der Waals surface area contributed by atoms with Crippen molar-refractivity contribution in [2.24, 2.45) is 5.92 Å². The highest BCUT2D eigenvalue weighted by atomic mass is 32.2. The summed E-state index contributed by atoms with van der Waals surface area (Å²) in [6.45, 7) is 0.437. The van der Waals surface area contributed by atoms with Crippen LogP contribution in [0.2, 0.25) is 0 Å². The van der Waals surface area contributed by atoms with Gasteiger partial charge in [0.05, 0.1) is 32.4 Å². The zero-order valence-corrected chi connectivity index (χ0v) is 22.4. The van der Waals surface area contributed by atoms with Crippen molar-refractivity contribution >= 4 is 38.7 Å². The number of anilines is 2. The monoisotopic (exact) mass is 552 g/mol. The predicted molar refractivity (Wildman–Crippen MR) is 145 cm³/mol. The second-order valence-electron chi connectivity index (χ2n) is 8.98. The third-order valence-corrected chi connectivity index (χ3v) is 7.47. The van der Waals surface area contributed by atoms with Gasteiger partial charge in [-0.2, -0.15) is 8.42 Å². The van der Waals surface area contributed by atoms with Crippen molar-refractivity contribution in [1.29, 1.82) is 0 Å². The average Bonchev–Trinajstić information content (AvgIpc) is 3.72. The molecular weight excluding hydrogens is 524 g/mol. The summed E-state index contributed by atoms with van der Waals surface area (Å²) < 4.78 is 47.3. The molecule has 0 radical (unpaired) electrons. The summed E-state index contributed by atoms with van der Waals surface area (Å²) in [5.41, 5.74) is 2.71. The number of aromatic nitrogens is 2. The quantitative estimate of drug-likeness (QED) is 0.232. The molecule has 11 nitrogen and oxygen atoms in total. The van der Waals surface area contributed by atoms with Gasteiger partial charge < -0.3 is 28.7 Å². The summed E-state index contributed by atoms with van der Waals surface area (Å²) in [4.78, 5) is 19.3. The Kier molecular flexibility index (Phi) is 7.20. The number of methoxy groups -OCH3 is 3. The number of imidazole rings is 1. The van der Waals surface area contributed by atoms with Gasteiger partial charge >= 0.3 is 10.1 Å². The van der Waals surface area contributed by atoms with Crippen LogP contribution in [0.4, 0.5) is 11.6 Å². The smallest absolute Gasteiger partial charge is 0.339 e. The SMILES string of the molecule is COc1cc(CNc2ccc(S(=O)(=O)Oc3ccc4nc(NC(=O)C5CC5)[nH]c4c3)cc2)cc(OC)c1OC. The zero-order chi connectivity index (χ0) is 27.6. The van der Waals surface area contributed by atoms with Gasteiger partial charge in [-0.1, -0.05) is 0 Å². The number of nitrogens with one attached hydrogen (secondary N) is 3. The molecule has 3 aromatic carbocycles. The molecule has 1 fully saturated rings. The lowest BCUT2D eigenvalue weighted by Gasteiger charge is -2.15. The molecule has 1 saturated carbocycles. The molecule has 1 heterocycles. The maximum Gasteiger partial charge on any atom is 0.339 e. The Balaban J connectivity index is 1.24. The molecule has 0 unspecified atom stereocenters. The van der Waals surface area contributed by atoms with Crippen LogP contribution in [0.3, 0.4) is 0 Å². The van der Waals surface area contributed by atoms with Crippen LogP contribution in [-0.2, 0) is 21.5 Å². The highest BCUT2D eigenvalue weighted by Gasteiger charge is 2.30. The van der Waals surface area contributed by atoms with E-state index in [-0.39, 0.29) is 22.5 Å². The lowest BCUT2D eigenvalue weighted by molar-refractivity contribution is -0.117. The molecule has 1 amide bonds. The Labute approximate surface area is 225 Å². The fourth-order valence-electron chi connectivity index (χ4n) is 4.02. The van der Waals surface area contributed by atoms with Gasteiger partial charge in [0.15, 0.2) is 11.5 Å². The molecule has 0 aliphatic heterocycles. The summed E-state index contributed by atoms with van der Waals surface area (Å²) in [7, 11) is 0.559. The van der Waals surface area contributed by atoms with Crippen LogP contribution in [0.15, 0.2) is 59.5 Å². The van der Waals surface area contributed by atoms with Gasteiger partial charge in [-0.15, -0.1) is 0 Å².